The molecule has 1 aliphatic rings. The molecule has 1 fully saturated rings. The number of likely N-dealkylation sites (tertiary alicyclic amines) is 1. The van der Waals surface area contributed by atoms with Gasteiger partial charge in [-0.2, -0.15) is 13.2 Å². The Kier molecular flexibility index (Phi) is 7.47. The first kappa shape index (κ1) is 25.2. The molecule has 186 valence electrons. The van der Waals surface area contributed by atoms with Gasteiger partial charge in [0.2, 0.25) is 5.91 Å². The van der Waals surface area contributed by atoms with E-state index in [0.29, 0.717) is 11.5 Å². The molecule has 9 heteroatoms. The van der Waals surface area contributed by atoms with Gasteiger partial charge in [0.05, 0.1) is 0 Å². The zero-order chi connectivity index (χ0) is 25.2. The quantitative estimate of drug-likeness (QED) is 0.426. The Bertz CT molecular complexity index is 1230. The monoisotopic (exact) mass is 502 g/mol. The van der Waals surface area contributed by atoms with Crippen LogP contribution >= 0.6 is 12.2 Å². The van der Waals surface area contributed by atoms with Crippen LogP contribution < -0.4 is 11.5 Å². The number of nitrogens with zero attached hydrogens (tertiary/aromatic N) is 2. The number of aryl methyl sites for hydroxylation is 1. The number of rotatable bonds is 8. The van der Waals surface area contributed by atoms with Crippen LogP contribution in [0.2, 0.25) is 0 Å². The van der Waals surface area contributed by atoms with Crippen LogP contribution in [0.5, 0.6) is 0 Å². The topological polar surface area (TPSA) is 77.3 Å². The van der Waals surface area contributed by atoms with Crippen LogP contribution in [0.3, 0.4) is 0 Å². The molecule has 4 rings (SSSR count). The number of hydrogen-bond acceptors (Lipinski definition) is 3. The highest BCUT2D eigenvalue weighted by Gasteiger charge is 2.26. The Morgan fingerprint density at radius 3 is 2.49 bits per heavy atom. The summed E-state index contributed by atoms with van der Waals surface area (Å²) in [7, 11) is 0. The maximum Gasteiger partial charge on any atom is 0.389 e. The van der Waals surface area contributed by atoms with E-state index >= 15 is 0 Å². The van der Waals surface area contributed by atoms with Crippen molar-refractivity contribution in [1.29, 1.82) is 0 Å². The fraction of sp³-hybridized carbons (Fsp3) is 0.385. The second-order valence-electron chi connectivity index (χ2n) is 9.20. The molecule has 3 aromatic rings. The van der Waals surface area contributed by atoms with Crippen molar-refractivity contribution < 1.29 is 18.0 Å². The summed E-state index contributed by atoms with van der Waals surface area (Å²) in [5.74, 6) is -0.311. The van der Waals surface area contributed by atoms with E-state index in [4.69, 9.17) is 23.7 Å². The molecule has 0 atom stereocenters. The summed E-state index contributed by atoms with van der Waals surface area (Å²) in [5.41, 5.74) is 15.8. The summed E-state index contributed by atoms with van der Waals surface area (Å²) in [6.45, 7) is 2.55. The number of hydrogen-bond donors (Lipinski definition) is 2. The van der Waals surface area contributed by atoms with Crippen molar-refractivity contribution >= 4 is 34.0 Å². The lowest BCUT2D eigenvalue weighted by Gasteiger charge is -2.30. The molecule has 4 N–H and O–H groups in total. The average molecular weight is 503 g/mol. The Morgan fingerprint density at radius 2 is 1.83 bits per heavy atom. The van der Waals surface area contributed by atoms with E-state index < -0.39 is 12.6 Å². The van der Waals surface area contributed by atoms with Crippen LogP contribution in [-0.4, -0.2) is 39.6 Å². The molecule has 0 saturated carbocycles. The predicted octanol–water partition coefficient (Wildman–Crippen LogP) is 4.98. The minimum atomic E-state index is -4.18. The number of aromatic nitrogens is 1. The number of carbonyl (C=O) groups is 1. The van der Waals surface area contributed by atoms with Gasteiger partial charge in [-0.05, 0) is 55.6 Å². The van der Waals surface area contributed by atoms with Crippen LogP contribution in [0.1, 0.15) is 36.8 Å². The molecule has 1 aliphatic heterocycles. The zero-order valence-electron chi connectivity index (χ0n) is 19.4. The minimum absolute atomic E-state index is 0.00447. The summed E-state index contributed by atoms with van der Waals surface area (Å²) >= 11 is 5.12. The van der Waals surface area contributed by atoms with E-state index in [2.05, 4.69) is 17.0 Å². The molecular weight excluding hydrogens is 473 g/mol. The molecule has 0 bridgehead atoms. The van der Waals surface area contributed by atoms with Crippen molar-refractivity contribution in [3.63, 3.8) is 0 Å². The number of piperidine rings is 1. The summed E-state index contributed by atoms with van der Waals surface area (Å²) < 4.78 is 40.3. The number of benzene rings is 2. The number of alkyl halides is 3. The second-order valence-corrected chi connectivity index (χ2v) is 9.64. The summed E-state index contributed by atoms with van der Waals surface area (Å²) in [6, 6.07) is 13.7. The second kappa shape index (κ2) is 10.4. The highest BCUT2D eigenvalue weighted by molar-refractivity contribution is 7.80. The van der Waals surface area contributed by atoms with Gasteiger partial charge in [0.15, 0.2) is 0 Å². The van der Waals surface area contributed by atoms with Gasteiger partial charge in [0.25, 0.3) is 0 Å². The largest absolute Gasteiger partial charge is 0.389 e. The predicted molar refractivity (Wildman–Crippen MR) is 136 cm³/mol. The van der Waals surface area contributed by atoms with Crippen LogP contribution in [0.25, 0.3) is 22.0 Å². The Hall–Kier alpha value is -2.91. The van der Waals surface area contributed by atoms with Crippen molar-refractivity contribution in [3.8, 4) is 11.1 Å². The number of halogens is 3. The molecule has 0 aliphatic carbocycles. The van der Waals surface area contributed by atoms with E-state index in [0.717, 1.165) is 59.1 Å². The SMILES string of the molecule is NC(=O)C1CCN(Cc2ccc3c(-c4cccc(C(N)=S)c4)cn(CCCC(F)(F)F)c3c2)CC1. The van der Waals surface area contributed by atoms with Crippen molar-refractivity contribution in [2.45, 2.75) is 44.9 Å². The van der Waals surface area contributed by atoms with Crippen LogP contribution in [0, 0.1) is 5.92 Å². The van der Waals surface area contributed by atoms with Crippen LogP contribution in [0.15, 0.2) is 48.7 Å². The molecule has 35 heavy (non-hydrogen) atoms. The molecule has 2 heterocycles. The van der Waals surface area contributed by atoms with Crippen LogP contribution in [-0.2, 0) is 17.9 Å². The Labute approximate surface area is 207 Å². The number of primary amides is 1. The molecule has 0 radical (unpaired) electrons. The van der Waals surface area contributed by atoms with Gasteiger partial charge in [-0.15, -0.1) is 0 Å². The number of carbonyl (C=O) groups excluding carboxylic acids is 1. The van der Waals surface area contributed by atoms with Crippen molar-refractivity contribution in [3.05, 3.63) is 59.8 Å². The first-order valence-electron chi connectivity index (χ1n) is 11.7. The summed E-state index contributed by atoms with van der Waals surface area (Å²) in [4.78, 5) is 14.0. The third kappa shape index (κ3) is 6.21. The lowest BCUT2D eigenvalue weighted by molar-refractivity contribution is -0.135. The fourth-order valence-electron chi connectivity index (χ4n) is 4.77. The molecule has 0 spiro atoms. The zero-order valence-corrected chi connectivity index (χ0v) is 20.2. The number of thiocarbonyl (C=S) groups is 1. The molecule has 1 amide bonds. The summed E-state index contributed by atoms with van der Waals surface area (Å²) in [5, 5.41) is 0.966. The molecular formula is C26H29F3N4OS. The highest BCUT2D eigenvalue weighted by Crippen LogP contribution is 2.33. The molecule has 2 aromatic carbocycles. The molecule has 5 nitrogen and oxygen atoms in total. The van der Waals surface area contributed by atoms with E-state index in [9.17, 15) is 18.0 Å². The maximum absolute atomic E-state index is 12.8. The lowest BCUT2D eigenvalue weighted by Crippen LogP contribution is -2.38. The van der Waals surface area contributed by atoms with Gasteiger partial charge in [-0.25, -0.2) is 0 Å². The minimum Gasteiger partial charge on any atom is -0.389 e. The van der Waals surface area contributed by atoms with Gasteiger partial charge < -0.3 is 16.0 Å². The fourth-order valence-corrected chi connectivity index (χ4v) is 4.90. The number of nitrogens with two attached hydrogens (primary N) is 2. The van der Waals surface area contributed by atoms with E-state index in [1.54, 1.807) is 0 Å². The van der Waals surface area contributed by atoms with Gasteiger partial charge in [-0.1, -0.05) is 42.5 Å². The third-order valence-electron chi connectivity index (χ3n) is 6.66. The standard InChI is InChI=1S/C26H29F3N4OS/c27-26(28,29)9-2-10-33-16-22(19-3-1-4-20(14-19)25(31)35)21-6-5-17(13-23(21)33)15-32-11-7-18(8-12-32)24(30)34/h1,3-6,13-14,16,18H,2,7-12,15H2,(H2,30,34)(H2,31,35). The smallest absolute Gasteiger partial charge is 0.389 e. The van der Waals surface area contributed by atoms with E-state index in [1.165, 1.54) is 0 Å². The number of fused-ring (bicyclic) bond motifs is 1. The lowest BCUT2D eigenvalue weighted by atomic mass is 9.96. The number of amides is 1. The Morgan fingerprint density at radius 1 is 1.09 bits per heavy atom. The molecule has 1 saturated heterocycles. The van der Waals surface area contributed by atoms with Crippen molar-refractivity contribution in [2.24, 2.45) is 17.4 Å². The third-order valence-corrected chi connectivity index (χ3v) is 6.90. The first-order valence-corrected chi connectivity index (χ1v) is 12.1. The van der Waals surface area contributed by atoms with Crippen molar-refractivity contribution in [1.82, 2.24) is 9.47 Å². The average Bonchev–Trinajstić information content (AvgIpc) is 3.16. The highest BCUT2D eigenvalue weighted by atomic mass is 32.1. The van der Waals surface area contributed by atoms with Gasteiger partial charge in [0.1, 0.15) is 4.99 Å². The van der Waals surface area contributed by atoms with E-state index in [-0.39, 0.29) is 24.8 Å². The summed E-state index contributed by atoms with van der Waals surface area (Å²) in [6.07, 6.45) is -1.59. The molecule has 0 unspecified atom stereocenters. The van der Waals surface area contributed by atoms with Gasteiger partial charge >= 0.3 is 6.18 Å². The maximum atomic E-state index is 12.8. The first-order chi connectivity index (χ1) is 16.6. The van der Waals surface area contributed by atoms with Gasteiger partial charge in [-0.3, -0.25) is 9.69 Å². The van der Waals surface area contributed by atoms with E-state index in [1.807, 2.05) is 41.1 Å². The molecule has 1 aromatic heterocycles. The van der Waals surface area contributed by atoms with Crippen molar-refractivity contribution in [2.75, 3.05) is 13.1 Å². The Balaban J connectivity index is 1.63. The van der Waals surface area contributed by atoms with Gasteiger partial charge in [0, 0.05) is 53.7 Å². The van der Waals surface area contributed by atoms with Crippen LogP contribution in [0.4, 0.5) is 13.2 Å². The normalized spacial score (nSPS) is 15.5.